The van der Waals surface area contributed by atoms with Crippen LogP contribution in [0.25, 0.3) is 33.2 Å². The van der Waals surface area contributed by atoms with Gasteiger partial charge in [-0.3, -0.25) is 10.4 Å². The van der Waals surface area contributed by atoms with Crippen molar-refractivity contribution in [3.05, 3.63) is 48.9 Å². The molecule has 2 aliphatic rings. The van der Waals surface area contributed by atoms with Crippen molar-refractivity contribution in [2.45, 2.75) is 31.1 Å². The molecule has 1 saturated carbocycles. The van der Waals surface area contributed by atoms with Crippen LogP contribution in [0.4, 0.5) is 5.82 Å². The van der Waals surface area contributed by atoms with Crippen LogP contribution in [-0.4, -0.2) is 30.1 Å². The number of aryl methyl sites for hydroxylation is 1. The van der Waals surface area contributed by atoms with Gasteiger partial charge in [0.05, 0.1) is 16.4 Å². The molecule has 8 heteroatoms. The summed E-state index contributed by atoms with van der Waals surface area (Å²) in [4.78, 5) is 18.6. The molecule has 5 heterocycles. The first-order valence-electron chi connectivity index (χ1n) is 10.7. The number of thioether (sulfide) groups is 1. The number of hydrogen-bond donors (Lipinski definition) is 2. The zero-order chi connectivity index (χ0) is 20.8. The third-order valence-electron chi connectivity index (χ3n) is 6.17. The molecule has 1 aliphatic heterocycles. The highest BCUT2D eigenvalue weighted by Gasteiger charge is 2.30. The number of nitrogens with zero attached hydrogens (tertiary/aromatic N) is 5. The van der Waals surface area contributed by atoms with Crippen molar-refractivity contribution in [3.63, 3.8) is 0 Å². The second kappa shape index (κ2) is 7.62. The van der Waals surface area contributed by atoms with Crippen molar-refractivity contribution < 1.29 is 0 Å². The molecule has 2 fully saturated rings. The smallest absolute Gasteiger partial charge is 0.179 e. The minimum absolute atomic E-state index is 0.398. The van der Waals surface area contributed by atoms with E-state index in [0.717, 1.165) is 44.3 Å². The number of nitrogens with one attached hydrogen (secondary N) is 2. The summed E-state index contributed by atoms with van der Waals surface area (Å²) in [5, 5.41) is 2.39. The summed E-state index contributed by atoms with van der Waals surface area (Å²) in [6.07, 6.45) is 11.1. The Bertz CT molecular complexity index is 1310. The summed E-state index contributed by atoms with van der Waals surface area (Å²) in [7, 11) is 2.01. The lowest BCUT2D eigenvalue weighted by molar-refractivity contribution is 0.453. The van der Waals surface area contributed by atoms with E-state index in [1.807, 2.05) is 42.2 Å². The monoisotopic (exact) mass is 429 g/mol. The van der Waals surface area contributed by atoms with Gasteiger partial charge in [-0.25, -0.2) is 20.4 Å². The van der Waals surface area contributed by atoms with Gasteiger partial charge < -0.3 is 4.57 Å². The maximum Gasteiger partial charge on any atom is 0.179 e. The quantitative estimate of drug-likeness (QED) is 0.498. The van der Waals surface area contributed by atoms with Gasteiger partial charge in [0.25, 0.3) is 0 Å². The molecular formula is C23H23N7S. The van der Waals surface area contributed by atoms with Crippen LogP contribution in [0.15, 0.2) is 53.9 Å². The normalized spacial score (nSPS) is 20.8. The zero-order valence-electron chi connectivity index (χ0n) is 17.2. The fourth-order valence-corrected chi connectivity index (χ4v) is 5.68. The van der Waals surface area contributed by atoms with Crippen molar-refractivity contribution >= 4 is 44.8 Å². The molecule has 1 saturated heterocycles. The van der Waals surface area contributed by atoms with Gasteiger partial charge >= 0.3 is 0 Å². The van der Waals surface area contributed by atoms with Gasteiger partial charge in [-0.2, -0.15) is 0 Å². The molecule has 0 radical (unpaired) electrons. The number of aliphatic imine (C=N–C) groups is 1. The van der Waals surface area contributed by atoms with Gasteiger partial charge in [0, 0.05) is 42.2 Å². The Labute approximate surface area is 184 Å². The third-order valence-corrected chi connectivity index (χ3v) is 7.34. The van der Waals surface area contributed by atoms with E-state index in [0.29, 0.717) is 11.2 Å². The van der Waals surface area contributed by atoms with E-state index < -0.39 is 0 Å². The van der Waals surface area contributed by atoms with E-state index in [9.17, 15) is 0 Å². The summed E-state index contributed by atoms with van der Waals surface area (Å²) in [6, 6.07) is 10.1. The average molecular weight is 430 g/mol. The van der Waals surface area contributed by atoms with Crippen LogP contribution in [0.3, 0.4) is 0 Å². The van der Waals surface area contributed by atoms with Crippen molar-refractivity contribution in [2.75, 3.05) is 0 Å². The van der Waals surface area contributed by atoms with Gasteiger partial charge in [0.2, 0.25) is 0 Å². The minimum atomic E-state index is 0.398. The van der Waals surface area contributed by atoms with Crippen molar-refractivity contribution in [3.8, 4) is 11.1 Å². The molecule has 6 rings (SSSR count). The fourth-order valence-electron chi connectivity index (χ4n) is 4.59. The lowest BCUT2D eigenvalue weighted by Gasteiger charge is -2.14. The van der Waals surface area contributed by atoms with Gasteiger partial charge in [0.1, 0.15) is 5.65 Å². The standard InChI is InChI=1S/C23H23N7S/c1-30-13-17(16-7-4-10-24-21(16)30)15-11-19-18(25-12-15)8-9-20(26-19)27-23-29-28-22(31-23)14-5-2-3-6-14/h4,7-14,22,28H,2-3,5-6H2,1H3,(H,26,27,29). The summed E-state index contributed by atoms with van der Waals surface area (Å²) in [5.41, 5.74) is 11.4. The van der Waals surface area contributed by atoms with Gasteiger partial charge in [-0.05, 0) is 49.1 Å². The summed E-state index contributed by atoms with van der Waals surface area (Å²) in [5.74, 6) is 1.41. The maximum atomic E-state index is 4.78. The van der Waals surface area contributed by atoms with Crippen molar-refractivity contribution in [1.82, 2.24) is 30.4 Å². The van der Waals surface area contributed by atoms with Gasteiger partial charge in [-0.1, -0.05) is 24.6 Å². The number of fused-ring (bicyclic) bond motifs is 2. The molecule has 0 bridgehead atoms. The Kier molecular flexibility index (Phi) is 4.61. The second-order valence-electron chi connectivity index (χ2n) is 8.23. The molecule has 0 aromatic carbocycles. The Morgan fingerprint density at radius 2 is 2.03 bits per heavy atom. The highest BCUT2D eigenvalue weighted by molar-refractivity contribution is 8.14. The van der Waals surface area contributed by atoms with Crippen molar-refractivity contribution in [2.24, 2.45) is 18.0 Å². The summed E-state index contributed by atoms with van der Waals surface area (Å²) < 4.78 is 2.04. The lowest BCUT2D eigenvalue weighted by Crippen LogP contribution is -2.34. The van der Waals surface area contributed by atoms with Crippen molar-refractivity contribution in [1.29, 1.82) is 0 Å². The number of hydrogen-bond acceptors (Lipinski definition) is 6. The fraction of sp³-hybridized carbons (Fsp3) is 0.304. The van der Waals surface area contributed by atoms with Crippen LogP contribution in [-0.2, 0) is 7.05 Å². The third kappa shape index (κ3) is 3.45. The topological polar surface area (TPSA) is 80.0 Å². The zero-order valence-corrected chi connectivity index (χ0v) is 18.1. The number of rotatable bonds is 3. The highest BCUT2D eigenvalue weighted by Crippen LogP contribution is 2.35. The maximum absolute atomic E-state index is 4.78. The summed E-state index contributed by atoms with van der Waals surface area (Å²) >= 11 is 1.77. The van der Waals surface area contributed by atoms with Gasteiger partial charge in [-0.15, -0.1) is 0 Å². The van der Waals surface area contributed by atoms with E-state index in [-0.39, 0.29) is 0 Å². The Hall–Kier alpha value is -2.97. The van der Waals surface area contributed by atoms with Crippen LogP contribution < -0.4 is 10.9 Å². The number of amidine groups is 1. The predicted octanol–water partition coefficient (Wildman–Crippen LogP) is 4.53. The molecule has 2 N–H and O–H groups in total. The largest absolute Gasteiger partial charge is 0.335 e. The van der Waals surface area contributed by atoms with E-state index in [1.54, 1.807) is 11.8 Å². The lowest BCUT2D eigenvalue weighted by atomic mass is 10.1. The molecule has 0 amide bonds. The second-order valence-corrected chi connectivity index (χ2v) is 9.36. The first-order chi connectivity index (χ1) is 15.2. The van der Waals surface area contributed by atoms with Crippen LogP contribution >= 0.6 is 11.8 Å². The van der Waals surface area contributed by atoms with Gasteiger partial charge in [0.15, 0.2) is 11.0 Å². The van der Waals surface area contributed by atoms with E-state index >= 15 is 0 Å². The molecule has 7 nitrogen and oxygen atoms in total. The minimum Gasteiger partial charge on any atom is -0.335 e. The molecule has 1 atom stereocenters. The average Bonchev–Trinajstić information content (AvgIpc) is 3.54. The number of aromatic nitrogens is 4. The van der Waals surface area contributed by atoms with E-state index in [4.69, 9.17) is 9.98 Å². The van der Waals surface area contributed by atoms with Crippen LogP contribution in [0.2, 0.25) is 0 Å². The molecular weight excluding hydrogens is 406 g/mol. The molecule has 1 unspecified atom stereocenters. The van der Waals surface area contributed by atoms with Crippen LogP contribution in [0.1, 0.15) is 25.7 Å². The van der Waals surface area contributed by atoms with E-state index in [1.165, 1.54) is 25.7 Å². The highest BCUT2D eigenvalue weighted by atomic mass is 32.2. The summed E-state index contributed by atoms with van der Waals surface area (Å²) in [6.45, 7) is 0. The number of hydrazine groups is 1. The molecule has 0 spiro atoms. The van der Waals surface area contributed by atoms with Crippen LogP contribution in [0.5, 0.6) is 0 Å². The Morgan fingerprint density at radius 1 is 1.13 bits per heavy atom. The molecule has 31 heavy (non-hydrogen) atoms. The molecule has 156 valence electrons. The Morgan fingerprint density at radius 3 is 2.94 bits per heavy atom. The Balaban J connectivity index is 1.32. The first-order valence-corrected chi connectivity index (χ1v) is 11.6. The molecule has 4 aromatic heterocycles. The molecule has 4 aromatic rings. The van der Waals surface area contributed by atoms with E-state index in [2.05, 4.69) is 39.1 Å². The predicted molar refractivity (Wildman–Crippen MR) is 126 cm³/mol. The first kappa shape index (κ1) is 18.8. The van der Waals surface area contributed by atoms with Crippen LogP contribution in [0, 0.1) is 5.92 Å². The molecule has 1 aliphatic carbocycles. The number of pyridine rings is 3. The SMILES string of the molecule is Cn1cc(-c2cnc3ccc(N=C4NNC(C5CCCC5)S4)nc3c2)c2cccnc21.